The molecule has 0 amide bonds. The van der Waals surface area contributed by atoms with Crippen molar-refractivity contribution in [3.63, 3.8) is 0 Å². The van der Waals surface area contributed by atoms with Crippen LogP contribution in [0.4, 0.5) is 0 Å². The molecule has 4 heteroatoms. The van der Waals surface area contributed by atoms with E-state index in [2.05, 4.69) is 11.9 Å². The summed E-state index contributed by atoms with van der Waals surface area (Å²) in [5.41, 5.74) is 8.89. The zero-order chi connectivity index (χ0) is 15.5. The zero-order valence-corrected chi connectivity index (χ0v) is 13.7. The summed E-state index contributed by atoms with van der Waals surface area (Å²) in [6.45, 7) is 7.44. The summed E-state index contributed by atoms with van der Waals surface area (Å²) in [4.78, 5) is 4.51. The fourth-order valence-electron chi connectivity index (χ4n) is 3.13. The van der Waals surface area contributed by atoms with E-state index < -0.39 is 0 Å². The van der Waals surface area contributed by atoms with Crippen LogP contribution in [0.5, 0.6) is 5.75 Å². The molecule has 0 radical (unpaired) electrons. The summed E-state index contributed by atoms with van der Waals surface area (Å²) in [5.74, 6) is 1.69. The van der Waals surface area contributed by atoms with Crippen LogP contribution in [-0.2, 0) is 11.3 Å². The van der Waals surface area contributed by atoms with Crippen LogP contribution in [0.15, 0.2) is 6.20 Å². The van der Waals surface area contributed by atoms with Crippen molar-refractivity contribution in [2.75, 3.05) is 13.7 Å². The standard InChI is InChI=1S/C17H28N2O2/c1-12-5-7-17(11-18,8-6-12)21-10-15-14(3)16(20-4)13(2)9-19-15/h9,12H,5-8,10-11,18H2,1-4H3. The molecule has 1 fully saturated rings. The number of aryl methyl sites for hydroxylation is 1. The highest BCUT2D eigenvalue weighted by molar-refractivity contribution is 5.40. The van der Waals surface area contributed by atoms with Gasteiger partial charge in [0.05, 0.1) is 25.0 Å². The van der Waals surface area contributed by atoms with Crippen molar-refractivity contribution in [3.8, 4) is 5.75 Å². The van der Waals surface area contributed by atoms with E-state index in [1.807, 2.05) is 20.0 Å². The molecule has 0 aromatic carbocycles. The van der Waals surface area contributed by atoms with Crippen LogP contribution >= 0.6 is 0 Å². The van der Waals surface area contributed by atoms with E-state index >= 15 is 0 Å². The number of methoxy groups -OCH3 is 1. The minimum atomic E-state index is -0.168. The largest absolute Gasteiger partial charge is 0.496 e. The van der Waals surface area contributed by atoms with Gasteiger partial charge in [-0.3, -0.25) is 4.98 Å². The molecule has 0 saturated heterocycles. The molecule has 4 nitrogen and oxygen atoms in total. The normalized spacial score (nSPS) is 25.9. The number of ether oxygens (including phenoxy) is 2. The van der Waals surface area contributed by atoms with Crippen LogP contribution in [0.3, 0.4) is 0 Å². The molecule has 1 heterocycles. The van der Waals surface area contributed by atoms with Gasteiger partial charge in [-0.2, -0.15) is 0 Å². The van der Waals surface area contributed by atoms with Gasteiger partial charge in [-0.25, -0.2) is 0 Å². The lowest BCUT2D eigenvalue weighted by molar-refractivity contribution is -0.0811. The number of nitrogens with zero attached hydrogens (tertiary/aromatic N) is 1. The molecular formula is C17H28N2O2. The van der Waals surface area contributed by atoms with Gasteiger partial charge in [0.25, 0.3) is 0 Å². The summed E-state index contributed by atoms with van der Waals surface area (Å²) in [6.07, 6.45) is 6.34. The third kappa shape index (κ3) is 3.55. The fourth-order valence-corrected chi connectivity index (χ4v) is 3.13. The molecule has 118 valence electrons. The third-order valence-corrected chi connectivity index (χ3v) is 4.82. The molecule has 0 bridgehead atoms. The van der Waals surface area contributed by atoms with Crippen molar-refractivity contribution in [1.29, 1.82) is 0 Å². The number of nitrogens with two attached hydrogens (primary N) is 1. The molecule has 2 rings (SSSR count). The lowest BCUT2D eigenvalue weighted by atomic mass is 9.79. The van der Waals surface area contributed by atoms with Gasteiger partial charge in [-0.05, 0) is 45.4 Å². The molecule has 1 aromatic heterocycles. The molecule has 0 aliphatic heterocycles. The predicted molar refractivity (Wildman–Crippen MR) is 84.5 cm³/mol. The lowest BCUT2D eigenvalue weighted by Gasteiger charge is -2.38. The van der Waals surface area contributed by atoms with Crippen LogP contribution in [0.1, 0.15) is 49.4 Å². The Kier molecular flexibility index (Phi) is 5.22. The number of aromatic nitrogens is 1. The first-order valence-corrected chi connectivity index (χ1v) is 7.84. The first-order chi connectivity index (χ1) is 10.0. The SMILES string of the molecule is COc1c(C)cnc(COC2(CN)CCC(C)CC2)c1C. The monoisotopic (exact) mass is 292 g/mol. The molecular weight excluding hydrogens is 264 g/mol. The van der Waals surface area contributed by atoms with Gasteiger partial charge in [0.1, 0.15) is 5.75 Å². The molecule has 0 spiro atoms. The second-order valence-electron chi connectivity index (χ2n) is 6.40. The Balaban J connectivity index is 2.08. The third-order valence-electron chi connectivity index (χ3n) is 4.82. The van der Waals surface area contributed by atoms with E-state index in [4.69, 9.17) is 15.2 Å². The van der Waals surface area contributed by atoms with E-state index in [1.165, 1.54) is 12.8 Å². The average Bonchev–Trinajstić information content (AvgIpc) is 2.49. The Labute approximate surface area is 128 Å². The van der Waals surface area contributed by atoms with E-state index in [1.54, 1.807) is 7.11 Å². The van der Waals surface area contributed by atoms with Gasteiger partial charge in [0.2, 0.25) is 0 Å². The first-order valence-electron chi connectivity index (χ1n) is 7.84. The smallest absolute Gasteiger partial charge is 0.128 e. The van der Waals surface area contributed by atoms with E-state index in [-0.39, 0.29) is 5.60 Å². The van der Waals surface area contributed by atoms with Crippen molar-refractivity contribution >= 4 is 0 Å². The van der Waals surface area contributed by atoms with Gasteiger partial charge in [0, 0.05) is 23.9 Å². The van der Waals surface area contributed by atoms with E-state index in [0.29, 0.717) is 13.2 Å². The second kappa shape index (κ2) is 6.75. The van der Waals surface area contributed by atoms with Crippen molar-refractivity contribution in [2.24, 2.45) is 11.7 Å². The topological polar surface area (TPSA) is 57.4 Å². The Morgan fingerprint density at radius 2 is 2.00 bits per heavy atom. The summed E-state index contributed by atoms with van der Waals surface area (Å²) >= 11 is 0. The highest BCUT2D eigenvalue weighted by atomic mass is 16.5. The van der Waals surface area contributed by atoms with Gasteiger partial charge in [-0.15, -0.1) is 0 Å². The van der Waals surface area contributed by atoms with Crippen molar-refractivity contribution in [3.05, 3.63) is 23.0 Å². The second-order valence-corrected chi connectivity index (χ2v) is 6.40. The maximum absolute atomic E-state index is 6.23. The highest BCUT2D eigenvalue weighted by Crippen LogP contribution is 2.35. The maximum atomic E-state index is 6.23. The number of rotatable bonds is 5. The fraction of sp³-hybridized carbons (Fsp3) is 0.706. The summed E-state index contributed by atoms with van der Waals surface area (Å²) in [5, 5.41) is 0. The molecule has 0 unspecified atom stereocenters. The number of pyridine rings is 1. The van der Waals surface area contributed by atoms with Crippen molar-refractivity contribution in [2.45, 2.75) is 58.7 Å². The number of hydrogen-bond acceptors (Lipinski definition) is 4. The molecule has 1 aliphatic carbocycles. The Morgan fingerprint density at radius 1 is 1.33 bits per heavy atom. The molecule has 2 N–H and O–H groups in total. The van der Waals surface area contributed by atoms with Crippen LogP contribution < -0.4 is 10.5 Å². The minimum absolute atomic E-state index is 0.168. The Bertz CT molecular complexity index is 480. The van der Waals surface area contributed by atoms with Crippen LogP contribution in [0.25, 0.3) is 0 Å². The van der Waals surface area contributed by atoms with Gasteiger partial charge < -0.3 is 15.2 Å². The lowest BCUT2D eigenvalue weighted by Crippen LogP contribution is -2.43. The quantitative estimate of drug-likeness (QED) is 0.906. The van der Waals surface area contributed by atoms with Crippen molar-refractivity contribution < 1.29 is 9.47 Å². The summed E-state index contributed by atoms with van der Waals surface area (Å²) < 4.78 is 11.7. The minimum Gasteiger partial charge on any atom is -0.496 e. The molecule has 21 heavy (non-hydrogen) atoms. The first kappa shape index (κ1) is 16.2. The molecule has 1 aliphatic rings. The highest BCUT2D eigenvalue weighted by Gasteiger charge is 2.34. The van der Waals surface area contributed by atoms with E-state index in [9.17, 15) is 0 Å². The van der Waals surface area contributed by atoms with Crippen LogP contribution in [0.2, 0.25) is 0 Å². The maximum Gasteiger partial charge on any atom is 0.128 e. The Morgan fingerprint density at radius 3 is 2.57 bits per heavy atom. The summed E-state index contributed by atoms with van der Waals surface area (Å²) in [7, 11) is 1.70. The van der Waals surface area contributed by atoms with Crippen LogP contribution in [0, 0.1) is 19.8 Å². The molecule has 0 atom stereocenters. The van der Waals surface area contributed by atoms with Gasteiger partial charge in [0.15, 0.2) is 0 Å². The Hall–Kier alpha value is -1.13. The summed E-state index contributed by atoms with van der Waals surface area (Å²) in [6, 6.07) is 0. The van der Waals surface area contributed by atoms with Gasteiger partial charge in [-0.1, -0.05) is 6.92 Å². The molecule has 1 aromatic rings. The number of hydrogen-bond donors (Lipinski definition) is 1. The molecule has 1 saturated carbocycles. The van der Waals surface area contributed by atoms with Crippen molar-refractivity contribution in [1.82, 2.24) is 4.98 Å². The zero-order valence-electron chi connectivity index (χ0n) is 13.7. The van der Waals surface area contributed by atoms with E-state index in [0.717, 1.165) is 41.3 Å². The predicted octanol–water partition coefficient (Wildman–Crippen LogP) is 3.13. The average molecular weight is 292 g/mol. The van der Waals surface area contributed by atoms with Gasteiger partial charge >= 0.3 is 0 Å². The van der Waals surface area contributed by atoms with Crippen LogP contribution in [-0.4, -0.2) is 24.2 Å².